The van der Waals surface area contributed by atoms with Crippen molar-refractivity contribution in [3.63, 3.8) is 0 Å². The van der Waals surface area contributed by atoms with Gasteiger partial charge in [-0.2, -0.15) is 13.2 Å². The van der Waals surface area contributed by atoms with E-state index in [9.17, 15) is 22.8 Å². The monoisotopic (exact) mass is 678 g/mol. The van der Waals surface area contributed by atoms with Crippen LogP contribution in [0, 0.1) is 5.92 Å². The van der Waals surface area contributed by atoms with Gasteiger partial charge in [0.2, 0.25) is 5.91 Å². The lowest BCUT2D eigenvalue weighted by Crippen LogP contribution is -2.49. The summed E-state index contributed by atoms with van der Waals surface area (Å²) in [6.07, 6.45) is 2.25. The summed E-state index contributed by atoms with van der Waals surface area (Å²) in [6, 6.07) is 9.67. The number of aryl methyl sites for hydroxylation is 1. The Hall–Kier alpha value is -4.78. The number of ether oxygens (including phenoxy) is 2. The third-order valence-corrected chi connectivity index (χ3v) is 9.75. The summed E-state index contributed by atoms with van der Waals surface area (Å²) >= 11 is 0. The second-order valence-corrected chi connectivity index (χ2v) is 12.8. The molecule has 0 saturated carbocycles. The second-order valence-electron chi connectivity index (χ2n) is 12.8. The van der Waals surface area contributed by atoms with Crippen molar-refractivity contribution in [2.75, 3.05) is 64.1 Å². The zero-order valence-corrected chi connectivity index (χ0v) is 27.9. The van der Waals surface area contributed by atoms with E-state index in [4.69, 9.17) is 15.2 Å². The molecule has 4 aromatic rings. The topological polar surface area (TPSA) is 106 Å². The van der Waals surface area contributed by atoms with Gasteiger partial charge >= 0.3 is 6.18 Å². The molecule has 0 bridgehead atoms. The van der Waals surface area contributed by atoms with Crippen molar-refractivity contribution in [3.05, 3.63) is 76.5 Å². The van der Waals surface area contributed by atoms with Crippen LogP contribution < -0.4 is 25.7 Å². The number of methoxy groups -OCH3 is 2. The van der Waals surface area contributed by atoms with Crippen molar-refractivity contribution < 1.29 is 27.4 Å². The van der Waals surface area contributed by atoms with E-state index < -0.39 is 11.7 Å². The Morgan fingerprint density at radius 2 is 1.63 bits per heavy atom. The van der Waals surface area contributed by atoms with Crippen molar-refractivity contribution in [2.45, 2.75) is 32.0 Å². The molecule has 10 nitrogen and oxygen atoms in total. The average molecular weight is 679 g/mol. The second kappa shape index (κ2) is 14.0. The molecule has 2 fully saturated rings. The molecule has 6 rings (SSSR count). The van der Waals surface area contributed by atoms with Crippen LogP contribution in [-0.4, -0.2) is 78.7 Å². The number of pyridine rings is 2. The molecule has 0 unspecified atom stereocenters. The molecular formula is C36H41F3N6O4. The fourth-order valence-corrected chi connectivity index (χ4v) is 7.03. The minimum absolute atomic E-state index is 0.0813. The van der Waals surface area contributed by atoms with Gasteiger partial charge in [0.1, 0.15) is 11.5 Å². The van der Waals surface area contributed by atoms with E-state index in [1.54, 1.807) is 43.1 Å². The van der Waals surface area contributed by atoms with Gasteiger partial charge in [-0.3, -0.25) is 19.5 Å². The number of piperidine rings is 1. The zero-order chi connectivity index (χ0) is 34.9. The highest BCUT2D eigenvalue weighted by atomic mass is 19.4. The van der Waals surface area contributed by atoms with Gasteiger partial charge < -0.3 is 29.6 Å². The first-order valence-corrected chi connectivity index (χ1v) is 16.4. The number of aromatic nitrogens is 2. The van der Waals surface area contributed by atoms with Gasteiger partial charge in [0, 0.05) is 94.8 Å². The number of carbonyl (C=O) groups is 1. The van der Waals surface area contributed by atoms with E-state index in [1.807, 2.05) is 29.3 Å². The number of fused-ring (bicyclic) bond motifs is 1. The molecule has 0 spiro atoms. The molecule has 0 aliphatic carbocycles. The summed E-state index contributed by atoms with van der Waals surface area (Å²) in [4.78, 5) is 36.0. The summed E-state index contributed by atoms with van der Waals surface area (Å²) in [7, 11) is 4.96. The molecule has 1 amide bonds. The number of rotatable bonds is 8. The number of nitrogen functional groups attached to an aromatic ring is 1. The molecule has 0 radical (unpaired) electrons. The molecule has 49 heavy (non-hydrogen) atoms. The lowest BCUT2D eigenvalue weighted by atomic mass is 9.92. The number of hydrogen-bond donors (Lipinski definition) is 1. The maximum Gasteiger partial charge on any atom is 0.418 e. The molecule has 260 valence electrons. The van der Waals surface area contributed by atoms with Crippen LogP contribution >= 0.6 is 0 Å². The van der Waals surface area contributed by atoms with E-state index in [2.05, 4.69) is 9.88 Å². The van der Waals surface area contributed by atoms with Gasteiger partial charge in [-0.15, -0.1) is 0 Å². The average Bonchev–Trinajstić information content (AvgIpc) is 3.10. The fourth-order valence-electron chi connectivity index (χ4n) is 7.03. The number of alkyl halides is 3. The van der Waals surface area contributed by atoms with E-state index in [0.29, 0.717) is 82.0 Å². The van der Waals surface area contributed by atoms with E-state index in [1.165, 1.54) is 12.1 Å². The molecule has 4 heterocycles. The SMILES string of the molecule is COc1cc(-c2cn(C)c(=O)c3cnccc23)cc(OC)c1CN1CCN(C(=O)CC2CCN(c3ccc(N)cc3C(F)(F)F)CC2)CC1. The number of piperazine rings is 1. The number of nitrogens with two attached hydrogens (primary N) is 1. The number of amides is 1. The number of halogens is 3. The molecular weight excluding hydrogens is 637 g/mol. The normalized spacial score (nSPS) is 16.3. The molecule has 2 aromatic heterocycles. The van der Waals surface area contributed by atoms with Crippen LogP contribution in [0.2, 0.25) is 0 Å². The Morgan fingerprint density at radius 3 is 2.27 bits per heavy atom. The first-order valence-electron chi connectivity index (χ1n) is 16.4. The third kappa shape index (κ3) is 7.17. The van der Waals surface area contributed by atoms with Gasteiger partial charge in [0.15, 0.2) is 0 Å². The predicted molar refractivity (Wildman–Crippen MR) is 183 cm³/mol. The number of anilines is 2. The number of hydrogen-bond acceptors (Lipinski definition) is 8. The van der Waals surface area contributed by atoms with Crippen molar-refractivity contribution in [3.8, 4) is 22.6 Å². The molecule has 13 heteroatoms. The largest absolute Gasteiger partial charge is 0.496 e. The number of benzene rings is 2. The maximum atomic E-state index is 13.7. The fraction of sp³-hybridized carbons (Fsp3) is 0.417. The lowest BCUT2D eigenvalue weighted by Gasteiger charge is -2.38. The minimum Gasteiger partial charge on any atom is -0.496 e. The van der Waals surface area contributed by atoms with Crippen LogP contribution in [0.5, 0.6) is 11.5 Å². The zero-order valence-electron chi connectivity index (χ0n) is 27.9. The Bertz CT molecular complexity index is 1870. The van der Waals surface area contributed by atoms with Gasteiger partial charge in [0.25, 0.3) is 5.56 Å². The summed E-state index contributed by atoms with van der Waals surface area (Å²) in [5, 5.41) is 1.32. The molecule has 2 aliphatic rings. The Labute approximate surface area is 282 Å². The molecule has 2 N–H and O–H groups in total. The van der Waals surface area contributed by atoms with Gasteiger partial charge in [-0.05, 0) is 66.1 Å². The highest BCUT2D eigenvalue weighted by Crippen LogP contribution is 2.40. The predicted octanol–water partition coefficient (Wildman–Crippen LogP) is 5.17. The van der Waals surface area contributed by atoms with Gasteiger partial charge in [-0.1, -0.05) is 0 Å². The summed E-state index contributed by atoms with van der Waals surface area (Å²) < 4.78 is 54.2. The lowest BCUT2D eigenvalue weighted by molar-refractivity contribution is -0.137. The standard InChI is InChI=1S/C36H41F3N6O4/c1-42-21-28(26-6-9-41-20-27(26)35(42)47)24-17-32(48-2)29(33(18-24)49-3)22-43-12-14-45(15-13-43)34(46)16-23-7-10-44(11-8-23)31-5-4-25(40)19-30(31)36(37,38)39/h4-6,9,17-21,23H,7-8,10-16,22,40H2,1-3H3. The van der Waals surface area contributed by atoms with Crippen molar-refractivity contribution in [1.29, 1.82) is 0 Å². The van der Waals surface area contributed by atoms with Crippen LogP contribution in [0.1, 0.15) is 30.4 Å². The van der Waals surface area contributed by atoms with Crippen LogP contribution in [-0.2, 0) is 24.6 Å². The van der Waals surface area contributed by atoms with Crippen molar-refractivity contribution in [1.82, 2.24) is 19.4 Å². The van der Waals surface area contributed by atoms with Crippen LogP contribution in [0.3, 0.4) is 0 Å². The smallest absolute Gasteiger partial charge is 0.418 e. The first kappa shape index (κ1) is 34.1. The Morgan fingerprint density at radius 1 is 0.959 bits per heavy atom. The molecule has 2 aliphatic heterocycles. The highest BCUT2D eigenvalue weighted by Gasteiger charge is 2.36. The summed E-state index contributed by atoms with van der Waals surface area (Å²) in [6.45, 7) is 3.99. The van der Waals surface area contributed by atoms with Crippen LogP contribution in [0.4, 0.5) is 24.5 Å². The summed E-state index contributed by atoms with van der Waals surface area (Å²) in [5.74, 6) is 1.53. The van der Waals surface area contributed by atoms with Gasteiger partial charge in [-0.25, -0.2) is 0 Å². The Kier molecular flexibility index (Phi) is 9.73. The molecule has 2 saturated heterocycles. The maximum absolute atomic E-state index is 13.7. The van der Waals surface area contributed by atoms with Gasteiger partial charge in [0.05, 0.1) is 30.7 Å². The quantitative estimate of drug-likeness (QED) is 0.255. The van der Waals surface area contributed by atoms with E-state index in [0.717, 1.165) is 28.1 Å². The summed E-state index contributed by atoms with van der Waals surface area (Å²) in [5.41, 5.74) is 7.62. The molecule has 2 aromatic carbocycles. The van der Waals surface area contributed by atoms with Crippen molar-refractivity contribution in [2.24, 2.45) is 13.0 Å². The van der Waals surface area contributed by atoms with Crippen LogP contribution in [0.15, 0.2) is 59.8 Å². The van der Waals surface area contributed by atoms with E-state index in [-0.39, 0.29) is 28.8 Å². The first-order chi connectivity index (χ1) is 23.5. The minimum atomic E-state index is -4.49. The number of nitrogens with zero attached hydrogens (tertiary/aromatic N) is 5. The third-order valence-electron chi connectivity index (χ3n) is 9.75. The van der Waals surface area contributed by atoms with E-state index >= 15 is 0 Å². The number of carbonyl (C=O) groups excluding carboxylic acids is 1. The van der Waals surface area contributed by atoms with Crippen molar-refractivity contribution >= 4 is 28.1 Å². The highest BCUT2D eigenvalue weighted by molar-refractivity contribution is 5.95. The molecule has 0 atom stereocenters. The van der Waals surface area contributed by atoms with Crippen LogP contribution in [0.25, 0.3) is 21.9 Å². The Balaban J connectivity index is 1.07.